The van der Waals surface area contributed by atoms with Gasteiger partial charge in [-0.2, -0.15) is 0 Å². The summed E-state index contributed by atoms with van der Waals surface area (Å²) in [6, 6.07) is 4.07. The van der Waals surface area contributed by atoms with Gasteiger partial charge < -0.3 is 29.0 Å². The number of benzene rings is 1. The van der Waals surface area contributed by atoms with E-state index < -0.39 is 36.2 Å². The van der Waals surface area contributed by atoms with Gasteiger partial charge in [-0.3, -0.25) is 14.4 Å². The van der Waals surface area contributed by atoms with Gasteiger partial charge in [0.2, 0.25) is 0 Å². The minimum Gasteiger partial charge on any atom is -0.468 e. The topological polar surface area (TPSA) is 126 Å². The fraction of sp³-hybridized carbons (Fsp3) is 0.677. The molecular formula is C31H49NO9. The summed E-state index contributed by atoms with van der Waals surface area (Å²) in [5, 5.41) is 3.07. The van der Waals surface area contributed by atoms with Crippen LogP contribution in [0.1, 0.15) is 92.1 Å². The second kappa shape index (κ2) is 19.9. The van der Waals surface area contributed by atoms with Gasteiger partial charge in [-0.15, -0.1) is 0 Å². The number of rotatable bonds is 19. The van der Waals surface area contributed by atoms with Gasteiger partial charge in [0, 0.05) is 6.54 Å². The van der Waals surface area contributed by atoms with Crippen molar-refractivity contribution in [3.8, 4) is 11.5 Å². The molecule has 0 spiro atoms. The number of ether oxygens (including phenoxy) is 5. The summed E-state index contributed by atoms with van der Waals surface area (Å²) in [5.41, 5.74) is 0.643. The van der Waals surface area contributed by atoms with E-state index in [1.807, 2.05) is 13.8 Å². The van der Waals surface area contributed by atoms with Gasteiger partial charge in [-0.05, 0) is 50.3 Å². The highest BCUT2D eigenvalue weighted by Crippen LogP contribution is 2.31. The average Bonchev–Trinajstić information content (AvgIpc) is 2.94. The van der Waals surface area contributed by atoms with E-state index in [4.69, 9.17) is 23.7 Å². The molecule has 0 radical (unpaired) electrons. The summed E-state index contributed by atoms with van der Waals surface area (Å²) in [5.74, 6) is -1.76. The molecule has 0 saturated heterocycles. The number of methoxy groups -OCH3 is 1. The summed E-state index contributed by atoms with van der Waals surface area (Å²) in [6.07, 6.45) is 4.58. The van der Waals surface area contributed by atoms with Crippen LogP contribution in [-0.4, -0.2) is 56.5 Å². The summed E-state index contributed by atoms with van der Waals surface area (Å²) in [6.45, 7) is 11.8. The van der Waals surface area contributed by atoms with Crippen LogP contribution >= 0.6 is 0 Å². The maximum Gasteiger partial charge on any atom is 0.508 e. The van der Waals surface area contributed by atoms with Crippen LogP contribution in [0.4, 0.5) is 4.79 Å². The molecule has 0 aliphatic carbocycles. The number of carbonyl (C=O) groups is 4. The first kappa shape index (κ1) is 35.9. The number of hydrogen-bond donors (Lipinski definition) is 1. The Balaban J connectivity index is 3.02. The molecule has 0 aliphatic heterocycles. The Kier molecular flexibility index (Phi) is 17.4. The molecule has 1 aromatic rings. The van der Waals surface area contributed by atoms with Gasteiger partial charge in [-0.25, -0.2) is 4.79 Å². The molecule has 1 aromatic carbocycles. The predicted molar refractivity (Wildman–Crippen MR) is 155 cm³/mol. The highest BCUT2D eigenvalue weighted by Gasteiger charge is 2.24. The van der Waals surface area contributed by atoms with Crippen molar-refractivity contribution >= 4 is 24.1 Å². The molecule has 0 amide bonds. The lowest BCUT2D eigenvalue weighted by molar-refractivity contribution is -0.143. The maximum atomic E-state index is 12.7. The van der Waals surface area contributed by atoms with Gasteiger partial charge in [0.1, 0.15) is 12.1 Å². The molecule has 3 unspecified atom stereocenters. The highest BCUT2D eigenvalue weighted by molar-refractivity contribution is 5.79. The molecule has 0 heterocycles. The second-order valence-corrected chi connectivity index (χ2v) is 10.4. The first-order chi connectivity index (χ1) is 19.6. The van der Waals surface area contributed by atoms with Crippen molar-refractivity contribution < 1.29 is 42.9 Å². The lowest BCUT2D eigenvalue weighted by Crippen LogP contribution is -2.43. The summed E-state index contributed by atoms with van der Waals surface area (Å²) < 4.78 is 26.6. The van der Waals surface area contributed by atoms with Crippen molar-refractivity contribution in [2.24, 2.45) is 11.8 Å². The zero-order valence-corrected chi connectivity index (χ0v) is 25.8. The van der Waals surface area contributed by atoms with Crippen molar-refractivity contribution in [3.05, 3.63) is 23.8 Å². The van der Waals surface area contributed by atoms with Gasteiger partial charge in [0.05, 0.1) is 25.6 Å². The minimum atomic E-state index is -0.785. The van der Waals surface area contributed by atoms with Crippen molar-refractivity contribution in [2.45, 2.75) is 105 Å². The second-order valence-electron chi connectivity index (χ2n) is 10.4. The normalized spacial score (nSPS) is 13.8. The van der Waals surface area contributed by atoms with E-state index in [2.05, 4.69) is 12.2 Å². The molecule has 0 bridgehead atoms. The number of nitrogens with one attached hydrogen (secondary N) is 1. The number of unbranched alkanes of at least 4 members (excludes halogenated alkanes) is 2. The fourth-order valence-corrected chi connectivity index (χ4v) is 4.04. The van der Waals surface area contributed by atoms with Crippen LogP contribution in [0.15, 0.2) is 18.2 Å². The summed E-state index contributed by atoms with van der Waals surface area (Å²) >= 11 is 0. The van der Waals surface area contributed by atoms with E-state index in [-0.39, 0.29) is 36.3 Å². The standard InChI is InChI=1S/C31H49NO9/c1-8-11-12-17-38-31(36)39-23(6)20-32-25(30(35)37-7)18-24-15-16-26(40-28(33)21(4)13-9-2)27(19-24)41-29(34)22(5)14-10-3/h15-16,19,21-23,25,32H,8-14,17-18,20H2,1-7H3/t21?,22?,23?,25-/m0/s1. The molecule has 10 heteroatoms. The van der Waals surface area contributed by atoms with Crippen molar-refractivity contribution in [3.63, 3.8) is 0 Å². The molecule has 1 N–H and O–H groups in total. The Labute approximate surface area is 244 Å². The van der Waals surface area contributed by atoms with E-state index in [0.717, 1.165) is 32.1 Å². The summed E-state index contributed by atoms with van der Waals surface area (Å²) in [7, 11) is 1.28. The van der Waals surface area contributed by atoms with Crippen LogP contribution in [0.25, 0.3) is 0 Å². The van der Waals surface area contributed by atoms with Crippen molar-refractivity contribution in [1.29, 1.82) is 0 Å². The van der Waals surface area contributed by atoms with Crippen LogP contribution in [0.2, 0.25) is 0 Å². The quantitative estimate of drug-likeness (QED) is 0.122. The van der Waals surface area contributed by atoms with Gasteiger partial charge >= 0.3 is 24.1 Å². The molecule has 1 rings (SSSR count). The molecule has 4 atom stereocenters. The lowest BCUT2D eigenvalue weighted by Gasteiger charge is -2.20. The number of carbonyl (C=O) groups excluding carboxylic acids is 4. The monoisotopic (exact) mass is 579 g/mol. The minimum absolute atomic E-state index is 0.110. The summed E-state index contributed by atoms with van der Waals surface area (Å²) in [4.78, 5) is 49.8. The average molecular weight is 580 g/mol. The Bertz CT molecular complexity index is 965. The van der Waals surface area contributed by atoms with Gasteiger partial charge in [0.15, 0.2) is 11.5 Å². The first-order valence-electron chi connectivity index (χ1n) is 14.8. The third-order valence-corrected chi connectivity index (χ3v) is 6.52. The Hall–Kier alpha value is -3.14. The van der Waals surface area contributed by atoms with Crippen LogP contribution in [0, 0.1) is 11.8 Å². The largest absolute Gasteiger partial charge is 0.508 e. The molecule has 232 valence electrons. The molecule has 0 saturated carbocycles. The van der Waals surface area contributed by atoms with E-state index in [1.165, 1.54) is 7.11 Å². The molecule has 41 heavy (non-hydrogen) atoms. The van der Waals surface area contributed by atoms with E-state index >= 15 is 0 Å². The van der Waals surface area contributed by atoms with Crippen LogP contribution in [-0.2, 0) is 35.0 Å². The smallest absolute Gasteiger partial charge is 0.468 e. The van der Waals surface area contributed by atoms with E-state index in [9.17, 15) is 19.2 Å². The molecule has 10 nitrogen and oxygen atoms in total. The Morgan fingerprint density at radius 2 is 1.41 bits per heavy atom. The van der Waals surface area contributed by atoms with Gasteiger partial charge in [0.25, 0.3) is 0 Å². The van der Waals surface area contributed by atoms with E-state index in [0.29, 0.717) is 25.0 Å². The molecule has 0 aromatic heterocycles. The van der Waals surface area contributed by atoms with Crippen LogP contribution < -0.4 is 14.8 Å². The third kappa shape index (κ3) is 13.9. The van der Waals surface area contributed by atoms with Crippen molar-refractivity contribution in [2.75, 3.05) is 20.3 Å². The lowest BCUT2D eigenvalue weighted by atomic mass is 10.0. The van der Waals surface area contributed by atoms with E-state index in [1.54, 1.807) is 39.0 Å². The highest BCUT2D eigenvalue weighted by atomic mass is 16.7. The number of esters is 3. The Morgan fingerprint density at radius 1 is 0.805 bits per heavy atom. The van der Waals surface area contributed by atoms with Crippen LogP contribution in [0.5, 0.6) is 11.5 Å². The maximum absolute atomic E-state index is 12.7. The zero-order chi connectivity index (χ0) is 30.8. The SMILES string of the molecule is CCCCCOC(=O)OC(C)CN[C@@H](Cc1ccc(OC(=O)C(C)CCC)c(OC(=O)C(C)CCC)c1)C(=O)OC. The van der Waals surface area contributed by atoms with Crippen molar-refractivity contribution in [1.82, 2.24) is 5.32 Å². The zero-order valence-electron chi connectivity index (χ0n) is 25.8. The van der Waals surface area contributed by atoms with Crippen LogP contribution in [0.3, 0.4) is 0 Å². The molecule has 0 aliphatic rings. The number of hydrogen-bond acceptors (Lipinski definition) is 10. The Morgan fingerprint density at radius 3 is 1.98 bits per heavy atom. The first-order valence-corrected chi connectivity index (χ1v) is 14.8. The predicted octanol–water partition coefficient (Wildman–Crippen LogP) is 5.78. The third-order valence-electron chi connectivity index (χ3n) is 6.52. The fourth-order valence-electron chi connectivity index (χ4n) is 4.04. The molecular weight excluding hydrogens is 530 g/mol. The van der Waals surface area contributed by atoms with Gasteiger partial charge in [-0.1, -0.05) is 66.4 Å². The molecule has 0 fully saturated rings.